The molecule has 1 aliphatic heterocycles. The van der Waals surface area contributed by atoms with E-state index >= 15 is 0 Å². The standard InChI is InChI=1S/C21H19F3N6O2S.ClH/c1-30-16-5-2-11(18(31)26-12-6-7-25-10-12)8-15(16)27-19(30)29-20-28-14-4-3-13(9-17(14)33-20)32-21(22,23)24;/h2-5,8-9,12,25H,6-7,10H2,1H3,(H,26,31)(H,27,28,29);1H. The van der Waals surface area contributed by atoms with Gasteiger partial charge in [0.1, 0.15) is 5.75 Å². The number of nitrogens with zero attached hydrogens (tertiary/aromatic N) is 3. The number of benzene rings is 2. The van der Waals surface area contributed by atoms with Crippen LogP contribution in [0.25, 0.3) is 21.3 Å². The fraction of sp³-hybridized carbons (Fsp3) is 0.286. The second-order valence-corrected chi connectivity index (χ2v) is 8.71. The number of amides is 1. The van der Waals surface area contributed by atoms with E-state index in [4.69, 9.17) is 0 Å². The summed E-state index contributed by atoms with van der Waals surface area (Å²) < 4.78 is 43.8. The Morgan fingerprint density at radius 1 is 1.21 bits per heavy atom. The normalized spacial score (nSPS) is 15.9. The van der Waals surface area contributed by atoms with Crippen LogP contribution in [0.3, 0.4) is 0 Å². The molecule has 8 nitrogen and oxygen atoms in total. The van der Waals surface area contributed by atoms with E-state index in [2.05, 4.69) is 30.7 Å². The number of aryl methyl sites for hydroxylation is 1. The Kier molecular flexibility index (Phi) is 6.56. The van der Waals surface area contributed by atoms with Gasteiger partial charge >= 0.3 is 6.36 Å². The average molecular weight is 513 g/mol. The molecule has 4 aromatic rings. The molecule has 1 amide bonds. The van der Waals surface area contributed by atoms with Gasteiger partial charge in [-0.2, -0.15) is 0 Å². The smallest absolute Gasteiger partial charge is 0.406 e. The van der Waals surface area contributed by atoms with Gasteiger partial charge in [0.2, 0.25) is 5.95 Å². The third-order valence-corrected chi connectivity index (χ3v) is 6.28. The topological polar surface area (TPSA) is 93.1 Å². The predicted molar refractivity (Wildman–Crippen MR) is 126 cm³/mol. The third-order valence-electron chi connectivity index (χ3n) is 5.35. The number of thiazole rings is 1. The second kappa shape index (κ2) is 9.28. The highest BCUT2D eigenvalue weighted by molar-refractivity contribution is 7.22. The summed E-state index contributed by atoms with van der Waals surface area (Å²) in [5.74, 6) is 0.0503. The lowest BCUT2D eigenvalue weighted by molar-refractivity contribution is -0.274. The summed E-state index contributed by atoms with van der Waals surface area (Å²) in [5, 5.41) is 9.81. The molecular weight excluding hydrogens is 493 g/mol. The number of fused-ring (bicyclic) bond motifs is 2. The van der Waals surface area contributed by atoms with Crippen LogP contribution in [0, 0.1) is 0 Å². The maximum absolute atomic E-state index is 12.6. The molecule has 3 N–H and O–H groups in total. The van der Waals surface area contributed by atoms with Crippen molar-refractivity contribution in [1.82, 2.24) is 25.2 Å². The Balaban J connectivity index is 0.00000274. The van der Waals surface area contributed by atoms with Gasteiger partial charge in [0.25, 0.3) is 5.91 Å². The zero-order valence-corrected chi connectivity index (χ0v) is 19.4. The molecule has 3 heterocycles. The van der Waals surface area contributed by atoms with E-state index in [-0.39, 0.29) is 30.1 Å². The van der Waals surface area contributed by atoms with Gasteiger partial charge in [0.05, 0.1) is 21.3 Å². The molecular formula is C21H20ClF3N6O2S. The number of imidazole rings is 1. The Hall–Kier alpha value is -3.09. The minimum atomic E-state index is -4.75. The molecule has 0 saturated carbocycles. The predicted octanol–water partition coefficient (Wildman–Crippen LogP) is 4.34. The summed E-state index contributed by atoms with van der Waals surface area (Å²) in [7, 11) is 1.82. The van der Waals surface area contributed by atoms with Crippen LogP contribution in [0.4, 0.5) is 24.3 Å². The van der Waals surface area contributed by atoms with E-state index in [0.717, 1.165) is 25.0 Å². The molecule has 1 saturated heterocycles. The number of nitrogens with one attached hydrogen (secondary N) is 3. The van der Waals surface area contributed by atoms with Gasteiger partial charge in [-0.1, -0.05) is 11.3 Å². The molecule has 1 aliphatic rings. The zero-order chi connectivity index (χ0) is 23.2. The Morgan fingerprint density at radius 3 is 2.76 bits per heavy atom. The Labute approximate surface area is 201 Å². The number of hydrogen-bond acceptors (Lipinski definition) is 7. The molecule has 34 heavy (non-hydrogen) atoms. The van der Waals surface area contributed by atoms with Gasteiger partial charge in [-0.3, -0.25) is 4.79 Å². The van der Waals surface area contributed by atoms with Gasteiger partial charge in [0, 0.05) is 31.3 Å². The minimum absolute atomic E-state index is 0. The van der Waals surface area contributed by atoms with E-state index in [1.807, 2.05) is 17.7 Å². The van der Waals surface area contributed by atoms with Crippen molar-refractivity contribution in [1.29, 1.82) is 0 Å². The molecule has 1 fully saturated rings. The summed E-state index contributed by atoms with van der Waals surface area (Å²) in [6.45, 7) is 1.65. The van der Waals surface area contributed by atoms with Crippen LogP contribution in [0.15, 0.2) is 36.4 Å². The number of carbonyl (C=O) groups excluding carboxylic acids is 1. The van der Waals surface area contributed by atoms with Crippen molar-refractivity contribution in [3.8, 4) is 5.75 Å². The largest absolute Gasteiger partial charge is 0.573 e. The number of hydrogen-bond donors (Lipinski definition) is 3. The minimum Gasteiger partial charge on any atom is -0.406 e. The number of ether oxygens (including phenoxy) is 1. The molecule has 13 heteroatoms. The molecule has 180 valence electrons. The van der Waals surface area contributed by atoms with Crippen molar-refractivity contribution in [2.24, 2.45) is 7.05 Å². The van der Waals surface area contributed by atoms with Crippen molar-refractivity contribution in [2.45, 2.75) is 18.8 Å². The van der Waals surface area contributed by atoms with Crippen molar-refractivity contribution in [3.63, 3.8) is 0 Å². The number of aromatic nitrogens is 3. The molecule has 5 rings (SSSR count). The van der Waals surface area contributed by atoms with Crippen LogP contribution in [0.5, 0.6) is 5.75 Å². The fourth-order valence-electron chi connectivity index (χ4n) is 3.75. The van der Waals surface area contributed by atoms with Crippen LogP contribution in [-0.2, 0) is 7.05 Å². The highest BCUT2D eigenvalue weighted by atomic mass is 35.5. The van der Waals surface area contributed by atoms with Crippen molar-refractivity contribution >= 4 is 62.0 Å². The summed E-state index contributed by atoms with van der Waals surface area (Å²) >= 11 is 1.18. The lowest BCUT2D eigenvalue weighted by atomic mass is 10.1. The van der Waals surface area contributed by atoms with Crippen molar-refractivity contribution in [3.05, 3.63) is 42.0 Å². The number of halogens is 4. The number of carbonyl (C=O) groups is 1. The van der Waals surface area contributed by atoms with E-state index in [1.165, 1.54) is 29.5 Å². The van der Waals surface area contributed by atoms with Gasteiger partial charge in [-0.05, 0) is 43.3 Å². The van der Waals surface area contributed by atoms with E-state index in [9.17, 15) is 18.0 Å². The van der Waals surface area contributed by atoms with E-state index in [0.29, 0.717) is 32.4 Å². The molecule has 2 aromatic carbocycles. The first kappa shape index (κ1) is 24.0. The summed E-state index contributed by atoms with van der Waals surface area (Å²) in [4.78, 5) is 21.5. The van der Waals surface area contributed by atoms with Gasteiger partial charge in [0.15, 0.2) is 5.13 Å². The fourth-order valence-corrected chi connectivity index (χ4v) is 4.64. The monoisotopic (exact) mass is 512 g/mol. The molecule has 0 spiro atoms. The molecule has 0 radical (unpaired) electrons. The average Bonchev–Trinajstić information content (AvgIpc) is 3.46. The van der Waals surface area contributed by atoms with Gasteiger partial charge in [-0.15, -0.1) is 25.6 Å². The molecule has 0 aliphatic carbocycles. The third kappa shape index (κ3) is 5.03. The maximum Gasteiger partial charge on any atom is 0.573 e. The quantitative estimate of drug-likeness (QED) is 0.368. The first-order valence-electron chi connectivity index (χ1n) is 10.2. The van der Waals surface area contributed by atoms with Crippen LogP contribution in [0.1, 0.15) is 16.8 Å². The van der Waals surface area contributed by atoms with Crippen molar-refractivity contribution < 1.29 is 22.7 Å². The first-order valence-corrected chi connectivity index (χ1v) is 11.0. The van der Waals surface area contributed by atoms with E-state index < -0.39 is 6.36 Å². The SMILES string of the molecule is Cl.Cn1c(Nc2nc3ccc(OC(F)(F)F)cc3s2)nc2cc(C(=O)NC3CCNC3)ccc21. The second-order valence-electron chi connectivity index (χ2n) is 7.68. The summed E-state index contributed by atoms with van der Waals surface area (Å²) in [5.41, 5.74) is 2.52. The molecule has 1 atom stereocenters. The molecule has 2 aromatic heterocycles. The number of anilines is 2. The maximum atomic E-state index is 12.6. The van der Waals surface area contributed by atoms with Gasteiger partial charge < -0.3 is 25.3 Å². The lowest BCUT2D eigenvalue weighted by Gasteiger charge is -2.11. The van der Waals surface area contributed by atoms with Crippen LogP contribution in [0.2, 0.25) is 0 Å². The highest BCUT2D eigenvalue weighted by Gasteiger charge is 2.31. The van der Waals surface area contributed by atoms with E-state index in [1.54, 1.807) is 12.1 Å². The van der Waals surface area contributed by atoms with Crippen LogP contribution >= 0.6 is 23.7 Å². The lowest BCUT2D eigenvalue weighted by Crippen LogP contribution is -2.36. The van der Waals surface area contributed by atoms with Crippen LogP contribution < -0.4 is 20.7 Å². The molecule has 0 bridgehead atoms. The first-order chi connectivity index (χ1) is 15.7. The zero-order valence-electron chi connectivity index (χ0n) is 17.8. The highest BCUT2D eigenvalue weighted by Crippen LogP contribution is 2.33. The Morgan fingerprint density at radius 2 is 2.03 bits per heavy atom. The molecule has 1 unspecified atom stereocenters. The number of alkyl halides is 3. The summed E-state index contributed by atoms with van der Waals surface area (Å²) in [6, 6.07) is 9.43. The van der Waals surface area contributed by atoms with Crippen LogP contribution in [-0.4, -0.2) is 45.9 Å². The Bertz CT molecular complexity index is 1350. The van der Waals surface area contributed by atoms with Gasteiger partial charge in [-0.25, -0.2) is 9.97 Å². The number of rotatable bonds is 5. The summed E-state index contributed by atoms with van der Waals surface area (Å²) in [6.07, 6.45) is -3.85. The van der Waals surface area contributed by atoms with Crippen molar-refractivity contribution in [2.75, 3.05) is 18.4 Å².